The first kappa shape index (κ1) is 15.9. The molecule has 24 heavy (non-hydrogen) atoms. The van der Waals surface area contributed by atoms with Gasteiger partial charge in [0.2, 0.25) is 5.56 Å². The predicted molar refractivity (Wildman–Crippen MR) is 89.3 cm³/mol. The molecule has 0 aliphatic rings. The molecular formula is C18H16FN3O2. The van der Waals surface area contributed by atoms with E-state index < -0.39 is 11.4 Å². The molecule has 0 bridgehead atoms. The van der Waals surface area contributed by atoms with Gasteiger partial charge in [-0.05, 0) is 36.8 Å². The van der Waals surface area contributed by atoms with Crippen molar-refractivity contribution in [3.05, 3.63) is 76.1 Å². The van der Waals surface area contributed by atoms with Crippen molar-refractivity contribution >= 4 is 16.8 Å². The number of carbonyl (C=O) groups is 1. The summed E-state index contributed by atoms with van der Waals surface area (Å²) in [5.41, 5.74) is 0.979. The summed E-state index contributed by atoms with van der Waals surface area (Å²) in [6, 6.07) is 8.68. The minimum absolute atomic E-state index is 0.221. The van der Waals surface area contributed by atoms with Crippen molar-refractivity contribution in [1.29, 1.82) is 0 Å². The largest absolute Gasteiger partial charge is 0.335 e. The van der Waals surface area contributed by atoms with E-state index in [9.17, 15) is 14.0 Å². The van der Waals surface area contributed by atoms with Gasteiger partial charge in [0.15, 0.2) is 0 Å². The number of aromatic nitrogens is 2. The molecule has 2 aromatic heterocycles. The van der Waals surface area contributed by atoms with Crippen LogP contribution in [-0.4, -0.2) is 27.8 Å². The van der Waals surface area contributed by atoms with Crippen molar-refractivity contribution in [2.45, 2.75) is 13.0 Å². The smallest absolute Gasteiger partial charge is 0.254 e. The Morgan fingerprint density at radius 1 is 1.29 bits per heavy atom. The third kappa shape index (κ3) is 2.90. The summed E-state index contributed by atoms with van der Waals surface area (Å²) in [5.74, 6) is -0.783. The van der Waals surface area contributed by atoms with E-state index in [1.165, 1.54) is 29.2 Å². The molecule has 0 saturated carbocycles. The van der Waals surface area contributed by atoms with Crippen molar-refractivity contribution < 1.29 is 9.18 Å². The van der Waals surface area contributed by atoms with Crippen LogP contribution in [0.5, 0.6) is 0 Å². The highest BCUT2D eigenvalue weighted by atomic mass is 19.1. The van der Waals surface area contributed by atoms with Crippen molar-refractivity contribution in [1.82, 2.24) is 14.9 Å². The lowest BCUT2D eigenvalue weighted by molar-refractivity contribution is 0.0744. The zero-order chi connectivity index (χ0) is 17.3. The van der Waals surface area contributed by atoms with E-state index in [1.54, 1.807) is 25.5 Å². The van der Waals surface area contributed by atoms with Crippen molar-refractivity contribution in [3.63, 3.8) is 0 Å². The number of benzene rings is 1. The van der Waals surface area contributed by atoms with Crippen LogP contribution in [0.3, 0.4) is 0 Å². The number of pyridine rings is 2. The molecule has 0 aliphatic carbocycles. The van der Waals surface area contributed by atoms with Crippen molar-refractivity contribution in [2.75, 3.05) is 7.05 Å². The summed E-state index contributed by atoms with van der Waals surface area (Å²) in [6.07, 6.45) is 3.36. The molecule has 122 valence electrons. The maximum atomic E-state index is 13.4. The van der Waals surface area contributed by atoms with Gasteiger partial charge in [-0.2, -0.15) is 0 Å². The van der Waals surface area contributed by atoms with Gasteiger partial charge in [0.25, 0.3) is 5.91 Å². The lowest BCUT2D eigenvalue weighted by Crippen LogP contribution is -2.30. The van der Waals surface area contributed by atoms with E-state index in [1.807, 2.05) is 13.0 Å². The molecule has 1 atom stereocenters. The Kier molecular flexibility index (Phi) is 4.12. The molecule has 3 rings (SSSR count). The first-order valence-electron chi connectivity index (χ1n) is 7.47. The first-order chi connectivity index (χ1) is 11.5. The Morgan fingerprint density at radius 2 is 2.08 bits per heavy atom. The fraction of sp³-hybridized carbons (Fsp3) is 0.167. The molecule has 1 aromatic carbocycles. The second-order valence-corrected chi connectivity index (χ2v) is 5.62. The highest BCUT2D eigenvalue weighted by Gasteiger charge is 2.21. The van der Waals surface area contributed by atoms with Crippen LogP contribution in [0.1, 0.15) is 28.9 Å². The molecular weight excluding hydrogens is 309 g/mol. The number of hydrogen-bond donors (Lipinski definition) is 1. The lowest BCUT2D eigenvalue weighted by atomic mass is 10.1. The number of H-pyrrole nitrogens is 1. The van der Waals surface area contributed by atoms with E-state index in [2.05, 4.69) is 9.97 Å². The van der Waals surface area contributed by atoms with Crippen molar-refractivity contribution in [2.24, 2.45) is 0 Å². The van der Waals surface area contributed by atoms with Crippen LogP contribution < -0.4 is 5.56 Å². The predicted octanol–water partition coefficient (Wildman–Crippen LogP) is 2.90. The molecule has 0 spiro atoms. The van der Waals surface area contributed by atoms with Gasteiger partial charge >= 0.3 is 0 Å². The van der Waals surface area contributed by atoms with E-state index in [-0.39, 0.29) is 17.5 Å². The van der Waals surface area contributed by atoms with Crippen LogP contribution in [0.4, 0.5) is 4.39 Å². The monoisotopic (exact) mass is 325 g/mol. The molecule has 0 saturated heterocycles. The normalized spacial score (nSPS) is 12.1. The second-order valence-electron chi connectivity index (χ2n) is 5.62. The Hall–Kier alpha value is -3.02. The van der Waals surface area contributed by atoms with Crippen LogP contribution in [0.25, 0.3) is 10.9 Å². The first-order valence-corrected chi connectivity index (χ1v) is 7.47. The quantitative estimate of drug-likeness (QED) is 0.805. The van der Waals surface area contributed by atoms with E-state index in [4.69, 9.17) is 0 Å². The fourth-order valence-electron chi connectivity index (χ4n) is 2.62. The lowest BCUT2D eigenvalue weighted by Gasteiger charge is -2.25. The Bertz CT molecular complexity index is 953. The molecule has 2 heterocycles. The summed E-state index contributed by atoms with van der Waals surface area (Å²) in [6.45, 7) is 1.88. The van der Waals surface area contributed by atoms with Gasteiger partial charge in [-0.1, -0.05) is 6.07 Å². The third-order valence-corrected chi connectivity index (χ3v) is 4.10. The standard InChI is InChI=1S/C18H16FN3O2/c1-11(12-4-3-7-20-10-12)22(2)18(24)15-9-17(23)21-16-8-13(19)5-6-14(15)16/h3-11H,1-2H3,(H,21,23)/t11-/m0/s1. The number of halogens is 1. The van der Waals surface area contributed by atoms with E-state index in [0.717, 1.165) is 5.56 Å². The summed E-state index contributed by atoms with van der Waals surface area (Å²) in [7, 11) is 1.66. The SMILES string of the molecule is C[C@@H](c1cccnc1)N(C)C(=O)c1cc(=O)[nH]c2cc(F)ccc12. The minimum Gasteiger partial charge on any atom is -0.335 e. The van der Waals surface area contributed by atoms with Gasteiger partial charge in [0.1, 0.15) is 5.82 Å². The highest BCUT2D eigenvalue weighted by molar-refractivity contribution is 6.06. The number of hydrogen-bond acceptors (Lipinski definition) is 3. The molecule has 6 heteroatoms. The van der Waals surface area contributed by atoms with Crippen LogP contribution >= 0.6 is 0 Å². The van der Waals surface area contributed by atoms with Gasteiger partial charge in [-0.3, -0.25) is 14.6 Å². The molecule has 0 aliphatic heterocycles. The van der Waals surface area contributed by atoms with Crippen LogP contribution in [-0.2, 0) is 0 Å². The topological polar surface area (TPSA) is 66.1 Å². The number of nitrogens with zero attached hydrogens (tertiary/aromatic N) is 2. The number of amides is 1. The van der Waals surface area contributed by atoms with Crippen LogP contribution in [0, 0.1) is 5.82 Å². The number of nitrogens with one attached hydrogen (secondary N) is 1. The zero-order valence-electron chi connectivity index (χ0n) is 13.3. The van der Waals surface area contributed by atoms with Gasteiger partial charge in [0, 0.05) is 30.9 Å². The minimum atomic E-state index is -0.472. The molecule has 0 fully saturated rings. The molecule has 0 unspecified atom stereocenters. The van der Waals surface area contributed by atoms with E-state index in [0.29, 0.717) is 10.9 Å². The number of aromatic amines is 1. The molecule has 0 radical (unpaired) electrons. The zero-order valence-corrected chi connectivity index (χ0v) is 13.3. The Morgan fingerprint density at radius 3 is 2.79 bits per heavy atom. The van der Waals surface area contributed by atoms with Gasteiger partial charge in [-0.15, -0.1) is 0 Å². The summed E-state index contributed by atoms with van der Waals surface area (Å²) < 4.78 is 13.4. The summed E-state index contributed by atoms with van der Waals surface area (Å²) in [5, 5.41) is 0.506. The number of fused-ring (bicyclic) bond motifs is 1. The Balaban J connectivity index is 2.03. The maximum Gasteiger partial charge on any atom is 0.254 e. The Labute approximate surface area is 137 Å². The van der Waals surface area contributed by atoms with E-state index >= 15 is 0 Å². The average Bonchev–Trinajstić information content (AvgIpc) is 2.59. The fourth-order valence-corrected chi connectivity index (χ4v) is 2.62. The van der Waals surface area contributed by atoms with Crippen LogP contribution in [0.2, 0.25) is 0 Å². The number of carbonyl (C=O) groups excluding carboxylic acids is 1. The average molecular weight is 325 g/mol. The van der Waals surface area contributed by atoms with Crippen molar-refractivity contribution in [3.8, 4) is 0 Å². The molecule has 1 amide bonds. The number of rotatable bonds is 3. The molecule has 5 nitrogen and oxygen atoms in total. The summed E-state index contributed by atoms with van der Waals surface area (Å²) in [4.78, 5) is 32.8. The molecule has 3 aromatic rings. The van der Waals surface area contributed by atoms with Gasteiger partial charge in [0.05, 0.1) is 17.1 Å². The highest BCUT2D eigenvalue weighted by Crippen LogP contribution is 2.23. The summed E-state index contributed by atoms with van der Waals surface area (Å²) >= 11 is 0. The maximum absolute atomic E-state index is 13.4. The van der Waals surface area contributed by atoms with Gasteiger partial charge < -0.3 is 9.88 Å². The second kappa shape index (κ2) is 6.23. The third-order valence-electron chi connectivity index (χ3n) is 4.10. The molecule has 1 N–H and O–H groups in total. The van der Waals surface area contributed by atoms with Gasteiger partial charge in [-0.25, -0.2) is 4.39 Å². The van der Waals surface area contributed by atoms with Crippen LogP contribution in [0.15, 0.2) is 53.6 Å².